The Morgan fingerprint density at radius 2 is 1.88 bits per heavy atom. The minimum atomic E-state index is -1.48. The summed E-state index contributed by atoms with van der Waals surface area (Å²) in [6, 6.07) is 6.44. The maximum atomic E-state index is 9.58. The second-order valence-electron chi connectivity index (χ2n) is 3.05. The Hall–Kier alpha value is -0.640. The van der Waals surface area contributed by atoms with Gasteiger partial charge in [0.2, 0.25) is 3.79 Å². The first-order chi connectivity index (χ1) is 7.45. The molecule has 0 spiro atoms. The van der Waals surface area contributed by atoms with Crippen molar-refractivity contribution in [1.82, 2.24) is 0 Å². The van der Waals surface area contributed by atoms with Gasteiger partial charge in [0.25, 0.3) is 0 Å². The summed E-state index contributed by atoms with van der Waals surface area (Å²) in [6.45, 7) is -0.0242. The molecule has 0 saturated heterocycles. The Morgan fingerprint density at radius 3 is 2.31 bits per heavy atom. The van der Waals surface area contributed by atoms with Gasteiger partial charge in [-0.15, -0.1) is 0 Å². The van der Waals surface area contributed by atoms with E-state index in [9.17, 15) is 5.11 Å². The second kappa shape index (κ2) is 5.62. The maximum Gasteiger partial charge on any atom is 0.216 e. The standard InChI is InChI=1S/C9H8Cl3N3O/c10-9(11,12)7-3-1-6(2-4-7)8(16)5-14-15-13/h1-4,8,16H,5H2. The van der Waals surface area contributed by atoms with Crippen LogP contribution in [0.25, 0.3) is 10.4 Å². The van der Waals surface area contributed by atoms with Crippen LogP contribution >= 0.6 is 34.8 Å². The van der Waals surface area contributed by atoms with Crippen LogP contribution in [-0.4, -0.2) is 11.7 Å². The van der Waals surface area contributed by atoms with Gasteiger partial charge in [0.15, 0.2) is 0 Å². The zero-order valence-electron chi connectivity index (χ0n) is 8.02. The largest absolute Gasteiger partial charge is 0.388 e. The summed E-state index contributed by atoms with van der Waals surface area (Å²) in [5, 5.41) is 12.9. The predicted molar refractivity (Wildman–Crippen MR) is 64.7 cm³/mol. The van der Waals surface area contributed by atoms with Crippen molar-refractivity contribution in [3.8, 4) is 0 Å². The number of azide groups is 1. The third kappa shape index (κ3) is 3.74. The number of benzene rings is 1. The van der Waals surface area contributed by atoms with Gasteiger partial charge in [-0.25, -0.2) is 0 Å². The molecule has 0 fully saturated rings. The second-order valence-corrected chi connectivity index (χ2v) is 5.33. The highest BCUT2D eigenvalue weighted by Gasteiger charge is 2.22. The molecule has 4 nitrogen and oxygen atoms in total. The predicted octanol–water partition coefficient (Wildman–Crippen LogP) is 3.86. The zero-order valence-corrected chi connectivity index (χ0v) is 10.3. The molecule has 1 atom stereocenters. The minimum Gasteiger partial charge on any atom is -0.388 e. The molecule has 1 aromatic rings. The van der Waals surface area contributed by atoms with Crippen LogP contribution in [0.1, 0.15) is 17.2 Å². The van der Waals surface area contributed by atoms with E-state index in [1.54, 1.807) is 24.3 Å². The van der Waals surface area contributed by atoms with Crippen molar-refractivity contribution in [3.63, 3.8) is 0 Å². The molecule has 0 aliphatic rings. The van der Waals surface area contributed by atoms with Crippen molar-refractivity contribution in [2.45, 2.75) is 9.90 Å². The first kappa shape index (κ1) is 13.4. The molecule has 0 amide bonds. The monoisotopic (exact) mass is 279 g/mol. The lowest BCUT2D eigenvalue weighted by atomic mass is 10.1. The topological polar surface area (TPSA) is 69.0 Å². The lowest BCUT2D eigenvalue weighted by Gasteiger charge is -2.13. The summed E-state index contributed by atoms with van der Waals surface area (Å²) in [5.41, 5.74) is 9.22. The van der Waals surface area contributed by atoms with E-state index in [1.807, 2.05) is 0 Å². The Morgan fingerprint density at radius 1 is 1.31 bits per heavy atom. The quantitative estimate of drug-likeness (QED) is 0.388. The maximum absolute atomic E-state index is 9.58. The fraction of sp³-hybridized carbons (Fsp3) is 0.333. The molecule has 7 heteroatoms. The molecule has 16 heavy (non-hydrogen) atoms. The normalized spacial score (nSPS) is 13.0. The van der Waals surface area contributed by atoms with E-state index in [-0.39, 0.29) is 6.54 Å². The number of nitrogens with zero attached hydrogens (tertiary/aromatic N) is 3. The molecule has 0 aliphatic carbocycles. The molecular weight excluding hydrogens is 272 g/mol. The molecule has 0 aliphatic heterocycles. The van der Waals surface area contributed by atoms with Gasteiger partial charge in [0.05, 0.1) is 12.6 Å². The van der Waals surface area contributed by atoms with Crippen LogP contribution in [0.4, 0.5) is 0 Å². The van der Waals surface area contributed by atoms with Crippen molar-refractivity contribution in [2.24, 2.45) is 5.11 Å². The van der Waals surface area contributed by atoms with Gasteiger partial charge in [-0.05, 0) is 11.1 Å². The number of halogens is 3. The molecule has 1 N–H and O–H groups in total. The van der Waals surface area contributed by atoms with Crippen LogP contribution in [0, 0.1) is 0 Å². The van der Waals surface area contributed by atoms with Gasteiger partial charge in [-0.1, -0.05) is 64.2 Å². The van der Waals surface area contributed by atoms with Crippen LogP contribution in [0.3, 0.4) is 0 Å². The lowest BCUT2D eigenvalue weighted by molar-refractivity contribution is 0.187. The number of hydrogen-bond donors (Lipinski definition) is 1. The number of hydrogen-bond acceptors (Lipinski definition) is 2. The van der Waals surface area contributed by atoms with Gasteiger partial charge in [0, 0.05) is 10.5 Å². The number of alkyl halides is 3. The highest BCUT2D eigenvalue weighted by atomic mass is 35.6. The molecule has 0 bridgehead atoms. The van der Waals surface area contributed by atoms with Gasteiger partial charge < -0.3 is 5.11 Å². The van der Waals surface area contributed by atoms with Crippen molar-refractivity contribution in [1.29, 1.82) is 0 Å². The van der Waals surface area contributed by atoms with E-state index in [0.29, 0.717) is 11.1 Å². The summed E-state index contributed by atoms with van der Waals surface area (Å²) < 4.78 is -1.48. The van der Waals surface area contributed by atoms with Crippen LogP contribution in [0.15, 0.2) is 29.4 Å². The first-order valence-electron chi connectivity index (χ1n) is 4.31. The average molecular weight is 281 g/mol. The molecule has 1 rings (SSSR count). The van der Waals surface area contributed by atoms with E-state index in [4.69, 9.17) is 40.3 Å². The SMILES string of the molecule is [N-]=[N+]=NCC(O)c1ccc(C(Cl)(Cl)Cl)cc1. The molecule has 1 aromatic carbocycles. The summed E-state index contributed by atoms with van der Waals surface area (Å²) in [5.74, 6) is 0. The van der Waals surface area contributed by atoms with E-state index >= 15 is 0 Å². The fourth-order valence-electron chi connectivity index (χ4n) is 1.11. The van der Waals surface area contributed by atoms with Gasteiger partial charge in [-0.2, -0.15) is 0 Å². The summed E-state index contributed by atoms with van der Waals surface area (Å²) in [4.78, 5) is 2.56. The molecular formula is C9H8Cl3N3O. The molecule has 1 unspecified atom stereocenters. The smallest absolute Gasteiger partial charge is 0.216 e. The fourth-order valence-corrected chi connectivity index (χ4v) is 1.49. The Labute approximate surface area is 107 Å². The molecule has 0 radical (unpaired) electrons. The van der Waals surface area contributed by atoms with Crippen molar-refractivity contribution in [3.05, 3.63) is 45.8 Å². The molecule has 0 aromatic heterocycles. The van der Waals surface area contributed by atoms with Gasteiger partial charge in [0.1, 0.15) is 0 Å². The third-order valence-corrected chi connectivity index (χ3v) is 2.60. The van der Waals surface area contributed by atoms with E-state index < -0.39 is 9.90 Å². The highest BCUT2D eigenvalue weighted by Crippen LogP contribution is 2.38. The summed E-state index contributed by atoms with van der Waals surface area (Å²) >= 11 is 17.0. The summed E-state index contributed by atoms with van der Waals surface area (Å²) in [6.07, 6.45) is -0.847. The van der Waals surface area contributed by atoms with Crippen LogP contribution in [0.2, 0.25) is 0 Å². The summed E-state index contributed by atoms with van der Waals surface area (Å²) in [7, 11) is 0. The third-order valence-electron chi connectivity index (χ3n) is 1.94. The van der Waals surface area contributed by atoms with Gasteiger partial charge >= 0.3 is 0 Å². The average Bonchev–Trinajstić information content (AvgIpc) is 2.25. The Kier molecular flexibility index (Phi) is 4.71. The van der Waals surface area contributed by atoms with Crippen molar-refractivity contribution < 1.29 is 5.11 Å². The number of aliphatic hydroxyl groups excluding tert-OH is 1. The van der Waals surface area contributed by atoms with Crippen molar-refractivity contribution in [2.75, 3.05) is 6.54 Å². The van der Waals surface area contributed by atoms with E-state index in [0.717, 1.165) is 0 Å². The minimum absolute atomic E-state index is 0.0242. The van der Waals surface area contributed by atoms with Gasteiger partial charge in [-0.3, -0.25) is 0 Å². The Bertz CT molecular complexity index is 395. The molecule has 0 saturated carbocycles. The zero-order chi connectivity index (χ0) is 12.2. The number of aliphatic hydroxyl groups is 1. The lowest BCUT2D eigenvalue weighted by Crippen LogP contribution is -2.03. The van der Waals surface area contributed by atoms with Crippen LogP contribution in [0.5, 0.6) is 0 Å². The Balaban J connectivity index is 2.82. The molecule has 0 heterocycles. The van der Waals surface area contributed by atoms with E-state index in [2.05, 4.69) is 10.0 Å². The van der Waals surface area contributed by atoms with Crippen LogP contribution < -0.4 is 0 Å². The first-order valence-corrected chi connectivity index (χ1v) is 5.44. The van der Waals surface area contributed by atoms with Crippen LogP contribution in [-0.2, 0) is 3.79 Å². The number of rotatable bonds is 3. The van der Waals surface area contributed by atoms with Crippen molar-refractivity contribution >= 4 is 34.8 Å². The highest BCUT2D eigenvalue weighted by molar-refractivity contribution is 6.66. The molecule has 86 valence electrons. The van der Waals surface area contributed by atoms with E-state index in [1.165, 1.54) is 0 Å².